The van der Waals surface area contributed by atoms with Crippen LogP contribution in [0.2, 0.25) is 0 Å². The second-order valence-electron chi connectivity index (χ2n) is 8.61. The molecule has 0 saturated carbocycles. The summed E-state index contributed by atoms with van der Waals surface area (Å²) in [6, 6.07) is 7.19. The summed E-state index contributed by atoms with van der Waals surface area (Å²) in [4.78, 5) is 25.3. The van der Waals surface area contributed by atoms with Crippen molar-refractivity contribution in [3.8, 4) is 5.75 Å². The van der Waals surface area contributed by atoms with Crippen molar-refractivity contribution < 1.29 is 32.4 Å². The highest BCUT2D eigenvalue weighted by atomic mass is 35.5. The van der Waals surface area contributed by atoms with Gasteiger partial charge in [-0.25, -0.2) is 0 Å². The number of nitrogens with one attached hydrogen (secondary N) is 1. The molecule has 0 aromatic heterocycles. The summed E-state index contributed by atoms with van der Waals surface area (Å²) in [6.07, 6.45) is -4.35. The number of nitro benzene ring substituents is 1. The Morgan fingerprint density at radius 3 is 2.53 bits per heavy atom. The van der Waals surface area contributed by atoms with Crippen LogP contribution in [0.15, 0.2) is 36.4 Å². The molecule has 1 aliphatic rings. The van der Waals surface area contributed by atoms with E-state index in [0.717, 1.165) is 12.1 Å². The number of alkyl halides is 4. The number of anilines is 1. The van der Waals surface area contributed by atoms with Gasteiger partial charge in [0.1, 0.15) is 0 Å². The molecule has 8 nitrogen and oxygen atoms in total. The molecule has 2 aromatic rings. The van der Waals surface area contributed by atoms with Gasteiger partial charge < -0.3 is 14.8 Å². The maximum atomic E-state index is 13.9. The van der Waals surface area contributed by atoms with Crippen LogP contribution in [-0.4, -0.2) is 53.5 Å². The van der Waals surface area contributed by atoms with Crippen LogP contribution in [0.5, 0.6) is 5.75 Å². The molecule has 1 amide bonds. The van der Waals surface area contributed by atoms with E-state index in [-0.39, 0.29) is 47.9 Å². The summed E-state index contributed by atoms with van der Waals surface area (Å²) in [7, 11) is 0. The monoisotopic (exact) mass is 529 g/mol. The number of nitro groups is 1. The van der Waals surface area contributed by atoms with Gasteiger partial charge in [-0.1, -0.05) is 6.07 Å². The van der Waals surface area contributed by atoms with Gasteiger partial charge >= 0.3 is 11.9 Å². The minimum Gasteiger partial charge on any atom is -0.487 e. The smallest absolute Gasteiger partial charge is 0.416 e. The summed E-state index contributed by atoms with van der Waals surface area (Å²) in [5.74, 6) is -0.503. The van der Waals surface area contributed by atoms with Gasteiger partial charge in [0.05, 0.1) is 29.3 Å². The third-order valence-electron chi connectivity index (χ3n) is 5.52. The third kappa shape index (κ3) is 7.31. The first-order valence-electron chi connectivity index (χ1n) is 11.3. The van der Waals surface area contributed by atoms with Crippen LogP contribution < -0.4 is 10.1 Å². The molecule has 0 aliphatic carbocycles. The van der Waals surface area contributed by atoms with Crippen LogP contribution >= 0.6 is 11.6 Å². The van der Waals surface area contributed by atoms with Crippen molar-refractivity contribution in [1.29, 1.82) is 0 Å². The fourth-order valence-corrected chi connectivity index (χ4v) is 4.18. The predicted octanol–water partition coefficient (Wildman–Crippen LogP) is 5.48. The molecule has 0 spiro atoms. The number of hydrogen-bond donors (Lipinski definition) is 1. The minimum atomic E-state index is -4.64. The highest BCUT2D eigenvalue weighted by Crippen LogP contribution is 2.35. The Morgan fingerprint density at radius 1 is 1.22 bits per heavy atom. The van der Waals surface area contributed by atoms with Crippen LogP contribution in [0, 0.1) is 10.1 Å². The normalized spacial score (nSPS) is 18.6. The number of nitrogens with zero attached hydrogens (tertiary/aromatic N) is 2. The number of carbonyl (C=O) groups excluding carboxylic acids is 1. The van der Waals surface area contributed by atoms with Crippen molar-refractivity contribution in [2.75, 3.05) is 30.9 Å². The number of benzene rings is 2. The van der Waals surface area contributed by atoms with Crippen molar-refractivity contribution in [2.24, 2.45) is 0 Å². The standard InChI is InChI=1S/C24H27ClF3N3O5/c1-15-12-30(13-16(2)36-15)14-18-4-6-19(11-20(18)24(26,27)28)29-23(32)17-5-7-22(35-9-3-8-25)21(10-17)31(33)34/h4-7,10-11,15-16H,3,8-9,12-14H2,1-2H3,(H,29,32). The molecule has 0 radical (unpaired) electrons. The molecule has 1 heterocycles. The average Bonchev–Trinajstić information content (AvgIpc) is 2.79. The van der Waals surface area contributed by atoms with Crippen molar-refractivity contribution in [3.05, 3.63) is 63.2 Å². The molecule has 36 heavy (non-hydrogen) atoms. The van der Waals surface area contributed by atoms with Crippen molar-refractivity contribution in [2.45, 2.75) is 45.2 Å². The summed E-state index contributed by atoms with van der Waals surface area (Å²) in [6.45, 7) is 4.99. The molecular weight excluding hydrogens is 503 g/mol. The van der Waals surface area contributed by atoms with Gasteiger partial charge in [-0.05, 0) is 50.1 Å². The lowest BCUT2D eigenvalue weighted by Gasteiger charge is -2.35. The van der Waals surface area contributed by atoms with Crippen LogP contribution in [0.1, 0.15) is 41.8 Å². The zero-order valence-electron chi connectivity index (χ0n) is 19.8. The van der Waals surface area contributed by atoms with E-state index in [4.69, 9.17) is 21.1 Å². The fraction of sp³-hybridized carbons (Fsp3) is 0.458. The summed E-state index contributed by atoms with van der Waals surface area (Å²) < 4.78 is 52.6. The van der Waals surface area contributed by atoms with Gasteiger partial charge in [0.2, 0.25) is 0 Å². The Kier molecular flexibility index (Phi) is 9.15. The largest absolute Gasteiger partial charge is 0.487 e. The molecule has 1 fully saturated rings. The Balaban J connectivity index is 1.80. The van der Waals surface area contributed by atoms with Gasteiger partial charge in [-0.2, -0.15) is 13.2 Å². The third-order valence-corrected chi connectivity index (χ3v) is 5.78. The number of carbonyl (C=O) groups is 1. The van der Waals surface area contributed by atoms with Crippen molar-refractivity contribution in [3.63, 3.8) is 0 Å². The molecule has 0 bridgehead atoms. The van der Waals surface area contributed by atoms with E-state index in [2.05, 4.69) is 5.32 Å². The van der Waals surface area contributed by atoms with E-state index in [1.165, 1.54) is 24.3 Å². The van der Waals surface area contributed by atoms with Crippen molar-refractivity contribution >= 4 is 28.9 Å². The number of halogens is 4. The van der Waals surface area contributed by atoms with Gasteiger partial charge in [0.25, 0.3) is 5.91 Å². The SMILES string of the molecule is CC1CN(Cc2ccc(NC(=O)c3ccc(OCCCCl)c([N+](=O)[O-])c3)cc2C(F)(F)F)CC(C)O1. The molecular formula is C24H27ClF3N3O5. The van der Waals surface area contributed by atoms with E-state index < -0.39 is 28.3 Å². The van der Waals surface area contributed by atoms with E-state index in [0.29, 0.717) is 25.4 Å². The number of morpholine rings is 1. The molecule has 12 heteroatoms. The predicted molar refractivity (Wildman–Crippen MR) is 129 cm³/mol. The van der Waals surface area contributed by atoms with Crippen LogP contribution in [-0.2, 0) is 17.5 Å². The number of rotatable bonds is 9. The van der Waals surface area contributed by atoms with Gasteiger partial charge in [0, 0.05) is 42.8 Å². The lowest BCUT2D eigenvalue weighted by Crippen LogP contribution is -2.45. The summed E-state index contributed by atoms with van der Waals surface area (Å²) in [5.41, 5.74) is -1.39. The maximum Gasteiger partial charge on any atom is 0.416 e. The fourth-order valence-electron chi connectivity index (χ4n) is 4.07. The molecule has 1 aliphatic heterocycles. The molecule has 2 aromatic carbocycles. The summed E-state index contributed by atoms with van der Waals surface area (Å²) in [5, 5.41) is 13.8. The lowest BCUT2D eigenvalue weighted by atomic mass is 10.0. The molecule has 2 unspecified atom stereocenters. The van der Waals surface area contributed by atoms with Gasteiger partial charge in [-0.15, -0.1) is 11.6 Å². The number of ether oxygens (including phenoxy) is 2. The Hall–Kier alpha value is -2.89. The lowest BCUT2D eigenvalue weighted by molar-refractivity contribution is -0.385. The Labute approximate surface area is 211 Å². The maximum absolute atomic E-state index is 13.9. The molecule has 3 rings (SSSR count). The second kappa shape index (κ2) is 11.9. The molecule has 196 valence electrons. The van der Waals surface area contributed by atoms with Gasteiger partial charge in [-0.3, -0.25) is 19.8 Å². The minimum absolute atomic E-state index is 0.0304. The number of hydrogen-bond acceptors (Lipinski definition) is 6. The number of amides is 1. The first-order valence-corrected chi connectivity index (χ1v) is 11.9. The topological polar surface area (TPSA) is 93.9 Å². The highest BCUT2D eigenvalue weighted by molar-refractivity contribution is 6.17. The highest BCUT2D eigenvalue weighted by Gasteiger charge is 2.35. The average molecular weight is 530 g/mol. The van der Waals surface area contributed by atoms with E-state index in [1.54, 1.807) is 0 Å². The van der Waals surface area contributed by atoms with Crippen molar-refractivity contribution in [1.82, 2.24) is 4.90 Å². The van der Waals surface area contributed by atoms with E-state index in [1.807, 2.05) is 18.7 Å². The van der Waals surface area contributed by atoms with Gasteiger partial charge in [0.15, 0.2) is 5.75 Å². The molecule has 1 N–H and O–H groups in total. The van der Waals surface area contributed by atoms with E-state index in [9.17, 15) is 28.1 Å². The van der Waals surface area contributed by atoms with Crippen LogP contribution in [0.3, 0.4) is 0 Å². The van der Waals surface area contributed by atoms with Crippen LogP contribution in [0.4, 0.5) is 24.5 Å². The van der Waals surface area contributed by atoms with E-state index >= 15 is 0 Å². The zero-order chi connectivity index (χ0) is 26.5. The summed E-state index contributed by atoms with van der Waals surface area (Å²) >= 11 is 5.58. The first kappa shape index (κ1) is 27.7. The van der Waals surface area contributed by atoms with Crippen LogP contribution in [0.25, 0.3) is 0 Å². The Morgan fingerprint density at radius 2 is 1.92 bits per heavy atom. The Bertz CT molecular complexity index is 1090. The molecule has 2 atom stereocenters. The second-order valence-corrected chi connectivity index (χ2v) is 8.98. The quantitative estimate of drug-likeness (QED) is 0.200. The molecule has 1 saturated heterocycles. The first-order chi connectivity index (χ1) is 17.0. The zero-order valence-corrected chi connectivity index (χ0v) is 20.6.